The van der Waals surface area contributed by atoms with Crippen molar-refractivity contribution in [2.75, 3.05) is 46.6 Å². The molecule has 1 aliphatic rings. The van der Waals surface area contributed by atoms with Gasteiger partial charge in [0.25, 0.3) is 5.91 Å². The van der Waals surface area contributed by atoms with Crippen molar-refractivity contribution in [2.45, 2.75) is 6.92 Å². The molecule has 0 radical (unpaired) electrons. The summed E-state index contributed by atoms with van der Waals surface area (Å²) in [6.45, 7) is 3.75. The van der Waals surface area contributed by atoms with E-state index in [-0.39, 0.29) is 29.6 Å². The molecule has 1 fully saturated rings. The number of para-hydroxylation sites is 2. The Kier molecular flexibility index (Phi) is 8.88. The molecule has 178 valence electrons. The lowest BCUT2D eigenvalue weighted by atomic mass is 10.1. The SMILES string of the molecule is CCOc1ccccc1OCC(=O)Oc1ccc(/C=C(\C#N)C(=O)N2CCOCC2)cc1OC. The minimum Gasteiger partial charge on any atom is -0.493 e. The van der Waals surface area contributed by atoms with Gasteiger partial charge in [-0.3, -0.25) is 4.79 Å². The zero-order valence-corrected chi connectivity index (χ0v) is 19.1. The van der Waals surface area contributed by atoms with Gasteiger partial charge in [-0.05, 0) is 42.8 Å². The average Bonchev–Trinajstić information content (AvgIpc) is 2.87. The van der Waals surface area contributed by atoms with E-state index in [1.54, 1.807) is 35.2 Å². The van der Waals surface area contributed by atoms with Crippen LogP contribution in [-0.2, 0) is 14.3 Å². The summed E-state index contributed by atoms with van der Waals surface area (Å²) in [7, 11) is 1.43. The molecule has 9 nitrogen and oxygen atoms in total. The first-order valence-corrected chi connectivity index (χ1v) is 10.8. The van der Waals surface area contributed by atoms with E-state index in [4.69, 9.17) is 23.7 Å². The molecule has 0 spiro atoms. The number of amides is 1. The molecule has 0 saturated carbocycles. The molecule has 34 heavy (non-hydrogen) atoms. The lowest BCUT2D eigenvalue weighted by Gasteiger charge is -2.26. The first-order chi connectivity index (χ1) is 16.5. The summed E-state index contributed by atoms with van der Waals surface area (Å²) < 4.78 is 27.0. The molecule has 1 amide bonds. The van der Waals surface area contributed by atoms with Gasteiger partial charge in [-0.2, -0.15) is 5.26 Å². The number of carbonyl (C=O) groups is 2. The van der Waals surface area contributed by atoms with E-state index in [2.05, 4.69) is 0 Å². The minimum absolute atomic E-state index is 0.00457. The molecule has 0 aromatic heterocycles. The number of benzene rings is 2. The molecule has 0 atom stereocenters. The summed E-state index contributed by atoms with van der Waals surface area (Å²) in [5, 5.41) is 9.47. The zero-order valence-electron chi connectivity index (χ0n) is 19.1. The number of hydrogen-bond donors (Lipinski definition) is 0. The molecule has 0 bridgehead atoms. The van der Waals surface area contributed by atoms with Gasteiger partial charge < -0.3 is 28.6 Å². The fourth-order valence-corrected chi connectivity index (χ4v) is 3.24. The topological polar surface area (TPSA) is 107 Å². The van der Waals surface area contributed by atoms with E-state index in [1.165, 1.54) is 19.3 Å². The molecule has 1 saturated heterocycles. The smallest absolute Gasteiger partial charge is 0.349 e. The maximum absolute atomic E-state index is 12.6. The molecular formula is C25H26N2O7. The Hall–Kier alpha value is -4.03. The number of methoxy groups -OCH3 is 1. The molecule has 2 aromatic rings. The Bertz CT molecular complexity index is 1080. The first-order valence-electron chi connectivity index (χ1n) is 10.8. The molecule has 0 N–H and O–H groups in total. The van der Waals surface area contributed by atoms with Gasteiger partial charge in [-0.15, -0.1) is 0 Å². The summed E-state index contributed by atoms with van der Waals surface area (Å²) in [4.78, 5) is 26.5. The maximum Gasteiger partial charge on any atom is 0.349 e. The van der Waals surface area contributed by atoms with Crippen LogP contribution in [0.2, 0.25) is 0 Å². The summed E-state index contributed by atoms with van der Waals surface area (Å²) in [5.74, 6) is 0.435. The third kappa shape index (κ3) is 6.49. The van der Waals surface area contributed by atoms with Gasteiger partial charge in [0.2, 0.25) is 0 Å². The van der Waals surface area contributed by atoms with Gasteiger partial charge >= 0.3 is 5.97 Å². The standard InChI is InChI=1S/C25H26N2O7/c1-3-32-20-6-4-5-7-21(20)33-17-24(28)34-22-9-8-18(15-23(22)30-2)14-19(16-26)25(29)27-10-12-31-13-11-27/h4-9,14-15H,3,10-13,17H2,1-2H3/b19-14+. The van der Waals surface area contributed by atoms with Crippen molar-refractivity contribution in [2.24, 2.45) is 0 Å². The van der Waals surface area contributed by atoms with Gasteiger partial charge in [-0.25, -0.2) is 4.79 Å². The number of hydrogen-bond acceptors (Lipinski definition) is 8. The van der Waals surface area contributed by atoms with Crippen LogP contribution in [0.3, 0.4) is 0 Å². The predicted octanol–water partition coefficient (Wildman–Crippen LogP) is 2.84. The molecular weight excluding hydrogens is 440 g/mol. The lowest BCUT2D eigenvalue weighted by Crippen LogP contribution is -2.41. The van der Waals surface area contributed by atoms with Crippen molar-refractivity contribution in [3.05, 3.63) is 53.6 Å². The third-order valence-electron chi connectivity index (χ3n) is 4.87. The van der Waals surface area contributed by atoms with Crippen LogP contribution in [0.5, 0.6) is 23.0 Å². The number of esters is 1. The van der Waals surface area contributed by atoms with Crippen molar-refractivity contribution in [3.63, 3.8) is 0 Å². The number of ether oxygens (including phenoxy) is 5. The second kappa shape index (κ2) is 12.3. The summed E-state index contributed by atoms with van der Waals surface area (Å²) >= 11 is 0. The number of nitriles is 1. The fraction of sp³-hybridized carbons (Fsp3) is 0.320. The van der Waals surface area contributed by atoms with E-state index in [0.717, 1.165) is 0 Å². The summed E-state index contributed by atoms with van der Waals surface area (Å²) in [5.41, 5.74) is 0.548. The zero-order chi connectivity index (χ0) is 24.3. The monoisotopic (exact) mass is 466 g/mol. The van der Waals surface area contributed by atoms with Crippen molar-refractivity contribution in [3.8, 4) is 29.1 Å². The highest BCUT2D eigenvalue weighted by Crippen LogP contribution is 2.30. The molecule has 9 heteroatoms. The van der Waals surface area contributed by atoms with Gasteiger partial charge in [0.1, 0.15) is 11.6 Å². The number of nitrogens with zero attached hydrogens (tertiary/aromatic N) is 2. The number of carbonyl (C=O) groups excluding carboxylic acids is 2. The number of rotatable bonds is 9. The van der Waals surface area contributed by atoms with E-state index >= 15 is 0 Å². The van der Waals surface area contributed by atoms with Crippen LogP contribution in [0.4, 0.5) is 0 Å². The minimum atomic E-state index is -0.631. The molecule has 0 aliphatic carbocycles. The predicted molar refractivity (Wildman–Crippen MR) is 123 cm³/mol. The average molecular weight is 466 g/mol. The maximum atomic E-state index is 12.6. The van der Waals surface area contributed by atoms with Crippen LogP contribution in [0.15, 0.2) is 48.0 Å². The Labute approximate surface area is 198 Å². The normalized spacial score (nSPS) is 13.6. The van der Waals surface area contributed by atoms with E-state index in [9.17, 15) is 14.9 Å². The van der Waals surface area contributed by atoms with Crippen molar-refractivity contribution >= 4 is 18.0 Å². The Morgan fingerprint density at radius 3 is 2.41 bits per heavy atom. The Balaban J connectivity index is 1.67. The summed E-state index contributed by atoms with van der Waals surface area (Å²) in [6, 6.07) is 13.7. The van der Waals surface area contributed by atoms with Crippen LogP contribution in [0.25, 0.3) is 6.08 Å². The van der Waals surface area contributed by atoms with Gasteiger partial charge in [0, 0.05) is 13.1 Å². The molecule has 0 unspecified atom stereocenters. The van der Waals surface area contributed by atoms with Crippen LogP contribution >= 0.6 is 0 Å². The van der Waals surface area contributed by atoms with Gasteiger partial charge in [0.15, 0.2) is 29.6 Å². The fourth-order valence-electron chi connectivity index (χ4n) is 3.24. The highest BCUT2D eigenvalue weighted by atomic mass is 16.6. The highest BCUT2D eigenvalue weighted by Gasteiger charge is 2.21. The molecule has 1 aliphatic heterocycles. The van der Waals surface area contributed by atoms with Crippen molar-refractivity contribution < 1.29 is 33.3 Å². The van der Waals surface area contributed by atoms with Crippen molar-refractivity contribution in [1.29, 1.82) is 5.26 Å². The van der Waals surface area contributed by atoms with Crippen LogP contribution < -0.4 is 18.9 Å². The van der Waals surface area contributed by atoms with Gasteiger partial charge in [-0.1, -0.05) is 18.2 Å². The Morgan fingerprint density at radius 1 is 1.06 bits per heavy atom. The second-order valence-electron chi connectivity index (χ2n) is 7.13. The van der Waals surface area contributed by atoms with Crippen LogP contribution in [-0.4, -0.2) is 63.4 Å². The van der Waals surface area contributed by atoms with Crippen LogP contribution in [0, 0.1) is 11.3 Å². The molecule has 2 aromatic carbocycles. The van der Waals surface area contributed by atoms with E-state index in [1.807, 2.05) is 19.1 Å². The molecule has 3 rings (SSSR count). The van der Waals surface area contributed by atoms with Crippen molar-refractivity contribution in [1.82, 2.24) is 4.90 Å². The van der Waals surface area contributed by atoms with Gasteiger partial charge in [0.05, 0.1) is 26.9 Å². The molecule has 1 heterocycles. The summed E-state index contributed by atoms with van der Waals surface area (Å²) in [6.07, 6.45) is 1.47. The Morgan fingerprint density at radius 2 is 1.76 bits per heavy atom. The second-order valence-corrected chi connectivity index (χ2v) is 7.13. The van der Waals surface area contributed by atoms with E-state index < -0.39 is 5.97 Å². The van der Waals surface area contributed by atoms with Crippen LogP contribution in [0.1, 0.15) is 12.5 Å². The third-order valence-corrected chi connectivity index (χ3v) is 4.87. The largest absolute Gasteiger partial charge is 0.493 e. The van der Waals surface area contributed by atoms with E-state index in [0.29, 0.717) is 50.0 Å². The highest BCUT2D eigenvalue weighted by molar-refractivity contribution is 6.01. The lowest BCUT2D eigenvalue weighted by molar-refractivity contribution is -0.136. The first kappa shape index (κ1) is 24.6. The number of morpholine rings is 1. The quantitative estimate of drug-likeness (QED) is 0.240.